The molecule has 2 aliphatic rings. The van der Waals surface area contributed by atoms with E-state index >= 15 is 0 Å². The summed E-state index contributed by atoms with van der Waals surface area (Å²) in [4.78, 5) is 25.7. The molecule has 2 fully saturated rings. The normalized spacial score (nSPS) is 29.6. The first-order chi connectivity index (χ1) is 9.10. The Morgan fingerprint density at radius 2 is 2.58 bits per heavy atom. The van der Waals surface area contributed by atoms with Gasteiger partial charge in [-0.15, -0.1) is 11.8 Å². The van der Waals surface area contributed by atoms with Crippen LogP contribution in [0.2, 0.25) is 0 Å². The smallest absolute Gasteiger partial charge is 0.244 e. The van der Waals surface area contributed by atoms with Crippen LogP contribution in [-0.4, -0.2) is 43.6 Å². The number of nitrogens with one attached hydrogen (secondary N) is 2. The van der Waals surface area contributed by atoms with Crippen molar-refractivity contribution in [2.45, 2.75) is 37.2 Å². The van der Waals surface area contributed by atoms with Crippen molar-refractivity contribution in [1.82, 2.24) is 20.4 Å². The highest BCUT2D eigenvalue weighted by Gasteiger charge is 2.52. The summed E-state index contributed by atoms with van der Waals surface area (Å²) in [5.41, 5.74) is 0.856. The third kappa shape index (κ3) is 2.11. The number of nitrogens with zero attached hydrogens (tertiary/aromatic N) is 2. The van der Waals surface area contributed by atoms with Crippen LogP contribution in [0.4, 0.5) is 0 Å². The molecule has 0 aromatic carbocycles. The van der Waals surface area contributed by atoms with Crippen LogP contribution >= 0.6 is 11.8 Å². The van der Waals surface area contributed by atoms with Crippen LogP contribution in [0.15, 0.2) is 12.3 Å². The van der Waals surface area contributed by atoms with Crippen molar-refractivity contribution in [3.05, 3.63) is 18.0 Å². The SMILES string of the molecule is CC12CCC(=O)N1C(C(=O)NCc1ccn[nH]1)CS2. The van der Waals surface area contributed by atoms with E-state index in [2.05, 4.69) is 15.5 Å². The van der Waals surface area contributed by atoms with Crippen LogP contribution in [0.25, 0.3) is 0 Å². The van der Waals surface area contributed by atoms with Gasteiger partial charge in [-0.1, -0.05) is 0 Å². The maximum absolute atomic E-state index is 12.2. The summed E-state index contributed by atoms with van der Waals surface area (Å²) in [6.07, 6.45) is 3.03. The number of amides is 2. The fourth-order valence-corrected chi connectivity index (χ4v) is 4.13. The van der Waals surface area contributed by atoms with E-state index in [4.69, 9.17) is 0 Å². The monoisotopic (exact) mass is 280 g/mol. The number of rotatable bonds is 3. The molecule has 2 aliphatic heterocycles. The van der Waals surface area contributed by atoms with Crippen LogP contribution in [0, 0.1) is 0 Å². The molecule has 102 valence electrons. The first kappa shape index (κ1) is 12.5. The number of carbonyl (C=O) groups is 2. The third-order valence-corrected chi connectivity index (χ3v) is 5.26. The fraction of sp³-hybridized carbons (Fsp3) is 0.583. The molecular weight excluding hydrogens is 264 g/mol. The lowest BCUT2D eigenvalue weighted by molar-refractivity contribution is -0.138. The van der Waals surface area contributed by atoms with Crippen molar-refractivity contribution in [2.24, 2.45) is 0 Å². The second-order valence-corrected chi connectivity index (χ2v) is 6.57. The van der Waals surface area contributed by atoms with Crippen LogP contribution in [0.3, 0.4) is 0 Å². The van der Waals surface area contributed by atoms with E-state index in [1.807, 2.05) is 13.0 Å². The van der Waals surface area contributed by atoms with Gasteiger partial charge in [0, 0.05) is 18.4 Å². The molecule has 2 saturated heterocycles. The number of thioether (sulfide) groups is 1. The summed E-state index contributed by atoms with van der Waals surface area (Å²) in [6.45, 7) is 2.46. The lowest BCUT2D eigenvalue weighted by Crippen LogP contribution is -2.49. The number of aromatic amines is 1. The second kappa shape index (κ2) is 4.56. The van der Waals surface area contributed by atoms with E-state index in [1.165, 1.54) is 0 Å². The van der Waals surface area contributed by atoms with Crippen molar-refractivity contribution in [1.29, 1.82) is 0 Å². The van der Waals surface area contributed by atoms with E-state index in [0.717, 1.165) is 12.1 Å². The highest BCUT2D eigenvalue weighted by atomic mass is 32.2. The Hall–Kier alpha value is -1.50. The summed E-state index contributed by atoms with van der Waals surface area (Å²) >= 11 is 1.70. The first-order valence-corrected chi connectivity index (χ1v) is 7.31. The highest BCUT2D eigenvalue weighted by molar-refractivity contribution is 8.01. The minimum atomic E-state index is -0.340. The van der Waals surface area contributed by atoms with E-state index in [9.17, 15) is 9.59 Å². The van der Waals surface area contributed by atoms with Gasteiger partial charge in [0.2, 0.25) is 11.8 Å². The average Bonchev–Trinajstić information content (AvgIpc) is 3.06. The molecule has 0 aliphatic carbocycles. The Bertz CT molecular complexity index is 504. The molecule has 1 aromatic rings. The summed E-state index contributed by atoms with van der Waals surface area (Å²) in [5.74, 6) is 0.687. The van der Waals surface area contributed by atoms with Crippen molar-refractivity contribution < 1.29 is 9.59 Å². The second-order valence-electron chi connectivity index (χ2n) is 5.07. The van der Waals surface area contributed by atoms with Gasteiger partial charge >= 0.3 is 0 Å². The number of hydrogen-bond donors (Lipinski definition) is 2. The lowest BCUT2D eigenvalue weighted by atomic mass is 10.2. The third-order valence-electron chi connectivity index (χ3n) is 3.76. The Morgan fingerprint density at radius 3 is 3.32 bits per heavy atom. The van der Waals surface area contributed by atoms with Gasteiger partial charge in [-0.05, 0) is 19.4 Å². The molecular formula is C12H16N4O2S. The van der Waals surface area contributed by atoms with Crippen LogP contribution < -0.4 is 5.32 Å². The molecule has 2 N–H and O–H groups in total. The van der Waals surface area contributed by atoms with Gasteiger partial charge < -0.3 is 10.2 Å². The van der Waals surface area contributed by atoms with Gasteiger partial charge in [0.15, 0.2) is 0 Å². The van der Waals surface area contributed by atoms with Crippen molar-refractivity contribution >= 4 is 23.6 Å². The van der Waals surface area contributed by atoms with E-state index in [0.29, 0.717) is 18.7 Å². The molecule has 0 saturated carbocycles. The molecule has 3 heterocycles. The van der Waals surface area contributed by atoms with E-state index in [-0.39, 0.29) is 22.7 Å². The summed E-state index contributed by atoms with van der Waals surface area (Å²) < 4.78 is 0. The molecule has 0 bridgehead atoms. The zero-order valence-corrected chi connectivity index (χ0v) is 11.5. The predicted molar refractivity (Wildman–Crippen MR) is 71.2 cm³/mol. The number of H-pyrrole nitrogens is 1. The molecule has 19 heavy (non-hydrogen) atoms. The predicted octanol–water partition coefficient (Wildman–Crippen LogP) is 0.480. The largest absolute Gasteiger partial charge is 0.349 e. The molecule has 7 heteroatoms. The first-order valence-electron chi connectivity index (χ1n) is 6.32. The standard InChI is InChI=1S/C12H16N4O2S/c1-12-4-2-10(17)16(12)9(7-19-12)11(18)13-6-8-3-5-14-15-8/h3,5,9H,2,4,6-7H2,1H3,(H,13,18)(H,14,15). The van der Waals surface area contributed by atoms with Gasteiger partial charge in [-0.3, -0.25) is 14.7 Å². The van der Waals surface area contributed by atoms with Crippen molar-refractivity contribution in [3.63, 3.8) is 0 Å². The average molecular weight is 280 g/mol. The molecule has 3 rings (SSSR count). The number of hydrogen-bond acceptors (Lipinski definition) is 4. The topological polar surface area (TPSA) is 78.1 Å². The zero-order valence-electron chi connectivity index (χ0n) is 10.7. The Labute approximate surface area is 115 Å². The molecule has 0 radical (unpaired) electrons. The van der Waals surface area contributed by atoms with E-state index < -0.39 is 0 Å². The number of fused-ring (bicyclic) bond motifs is 1. The minimum absolute atomic E-state index is 0.0823. The molecule has 2 atom stereocenters. The van der Waals surface area contributed by atoms with Gasteiger partial charge in [-0.25, -0.2) is 0 Å². The Morgan fingerprint density at radius 1 is 1.74 bits per heavy atom. The zero-order chi connectivity index (χ0) is 13.5. The lowest BCUT2D eigenvalue weighted by Gasteiger charge is -2.29. The van der Waals surface area contributed by atoms with Crippen LogP contribution in [0.5, 0.6) is 0 Å². The summed E-state index contributed by atoms with van der Waals surface area (Å²) in [5, 5.41) is 9.48. The molecule has 0 spiro atoms. The molecule has 1 aromatic heterocycles. The Kier molecular flexibility index (Phi) is 3.00. The van der Waals surface area contributed by atoms with Crippen molar-refractivity contribution in [3.8, 4) is 0 Å². The summed E-state index contributed by atoms with van der Waals surface area (Å²) in [7, 11) is 0. The van der Waals surface area contributed by atoms with Crippen molar-refractivity contribution in [2.75, 3.05) is 5.75 Å². The van der Waals surface area contributed by atoms with E-state index in [1.54, 1.807) is 22.9 Å². The molecule has 2 unspecified atom stereocenters. The van der Waals surface area contributed by atoms with Gasteiger partial charge in [0.05, 0.1) is 17.1 Å². The van der Waals surface area contributed by atoms with Gasteiger partial charge in [-0.2, -0.15) is 5.10 Å². The summed E-state index contributed by atoms with van der Waals surface area (Å²) in [6, 6.07) is 1.47. The maximum atomic E-state index is 12.2. The Balaban J connectivity index is 1.66. The number of carbonyl (C=O) groups excluding carboxylic acids is 2. The minimum Gasteiger partial charge on any atom is -0.349 e. The quantitative estimate of drug-likeness (QED) is 0.844. The molecule has 2 amide bonds. The maximum Gasteiger partial charge on any atom is 0.244 e. The van der Waals surface area contributed by atoms with Crippen LogP contribution in [0.1, 0.15) is 25.5 Å². The van der Waals surface area contributed by atoms with Gasteiger partial charge in [0.25, 0.3) is 0 Å². The highest BCUT2D eigenvalue weighted by Crippen LogP contribution is 2.47. The van der Waals surface area contributed by atoms with Gasteiger partial charge in [0.1, 0.15) is 6.04 Å². The molecule has 6 nitrogen and oxygen atoms in total. The van der Waals surface area contributed by atoms with Crippen LogP contribution in [-0.2, 0) is 16.1 Å². The fourth-order valence-electron chi connectivity index (χ4n) is 2.70. The number of aromatic nitrogens is 2.